The van der Waals surface area contributed by atoms with Crippen molar-refractivity contribution in [3.8, 4) is 0 Å². The summed E-state index contributed by atoms with van der Waals surface area (Å²) in [6.45, 7) is 0. The summed E-state index contributed by atoms with van der Waals surface area (Å²) in [5.41, 5.74) is 7.13. The van der Waals surface area contributed by atoms with Crippen molar-refractivity contribution in [3.05, 3.63) is 33.8 Å². The largest absolute Gasteiger partial charge is 0.321 e. The maximum Gasteiger partial charge on any atom is 0.0471 e. The smallest absolute Gasteiger partial charge is 0.0471 e. The third-order valence-electron chi connectivity index (χ3n) is 2.96. The van der Waals surface area contributed by atoms with Crippen LogP contribution in [-0.4, -0.2) is 0 Å². The van der Waals surface area contributed by atoms with Crippen LogP contribution in [0, 0.1) is 0 Å². The second kappa shape index (κ2) is 3.73. The first-order valence-electron chi connectivity index (χ1n) is 4.86. The molecule has 0 bridgehead atoms. The van der Waals surface area contributed by atoms with Crippen molar-refractivity contribution in [3.63, 3.8) is 0 Å². The average Bonchev–Trinajstić information content (AvgIpc) is 2.52. The number of hydrogen-bond acceptors (Lipinski definition) is 1. The summed E-state index contributed by atoms with van der Waals surface area (Å²) >= 11 is 12.0. The molecule has 0 atom stereocenters. The van der Waals surface area contributed by atoms with Crippen molar-refractivity contribution in [2.45, 2.75) is 31.2 Å². The van der Waals surface area contributed by atoms with Crippen LogP contribution in [0.4, 0.5) is 0 Å². The van der Waals surface area contributed by atoms with Crippen LogP contribution in [0.1, 0.15) is 31.2 Å². The lowest BCUT2D eigenvalue weighted by atomic mass is 9.89. The van der Waals surface area contributed by atoms with Crippen molar-refractivity contribution in [2.24, 2.45) is 5.73 Å². The van der Waals surface area contributed by atoms with Crippen LogP contribution < -0.4 is 5.73 Å². The maximum absolute atomic E-state index is 6.30. The van der Waals surface area contributed by atoms with Gasteiger partial charge in [0, 0.05) is 15.6 Å². The first kappa shape index (κ1) is 10.3. The highest BCUT2D eigenvalue weighted by atomic mass is 35.5. The first-order chi connectivity index (χ1) is 6.62. The molecular formula is C11H13Cl2N. The van der Waals surface area contributed by atoms with E-state index in [4.69, 9.17) is 28.9 Å². The monoisotopic (exact) mass is 229 g/mol. The predicted molar refractivity (Wildman–Crippen MR) is 60.8 cm³/mol. The summed E-state index contributed by atoms with van der Waals surface area (Å²) in [5, 5.41) is 1.36. The maximum atomic E-state index is 6.30. The standard InChI is InChI=1S/C11H13Cl2N/c12-8-3-4-9(10(13)7-8)11(14)5-1-2-6-11/h3-4,7H,1-2,5-6,14H2. The van der Waals surface area contributed by atoms with E-state index in [1.165, 1.54) is 12.8 Å². The minimum absolute atomic E-state index is 0.221. The van der Waals surface area contributed by atoms with E-state index in [1.54, 1.807) is 6.07 Å². The topological polar surface area (TPSA) is 26.0 Å². The Labute approximate surface area is 94.2 Å². The first-order valence-corrected chi connectivity index (χ1v) is 5.62. The van der Waals surface area contributed by atoms with Crippen molar-refractivity contribution < 1.29 is 0 Å². The van der Waals surface area contributed by atoms with Gasteiger partial charge in [-0.1, -0.05) is 42.1 Å². The van der Waals surface area contributed by atoms with Crippen LogP contribution in [0.25, 0.3) is 0 Å². The van der Waals surface area contributed by atoms with Crippen LogP contribution in [0.5, 0.6) is 0 Å². The van der Waals surface area contributed by atoms with E-state index in [0.717, 1.165) is 18.4 Å². The van der Waals surface area contributed by atoms with Gasteiger partial charge >= 0.3 is 0 Å². The van der Waals surface area contributed by atoms with E-state index in [2.05, 4.69) is 0 Å². The average molecular weight is 230 g/mol. The zero-order chi connectivity index (χ0) is 10.2. The minimum atomic E-state index is -0.221. The molecule has 1 saturated carbocycles. The van der Waals surface area contributed by atoms with Crippen LogP contribution in [0.15, 0.2) is 18.2 Å². The summed E-state index contributed by atoms with van der Waals surface area (Å²) < 4.78 is 0. The molecule has 1 aliphatic rings. The van der Waals surface area contributed by atoms with E-state index in [1.807, 2.05) is 12.1 Å². The molecule has 1 aromatic carbocycles. The number of hydrogen-bond donors (Lipinski definition) is 1. The molecule has 3 heteroatoms. The molecule has 1 aromatic rings. The van der Waals surface area contributed by atoms with Crippen LogP contribution >= 0.6 is 23.2 Å². The molecule has 0 aromatic heterocycles. The van der Waals surface area contributed by atoms with E-state index in [9.17, 15) is 0 Å². The van der Waals surface area contributed by atoms with Crippen molar-refractivity contribution in [1.82, 2.24) is 0 Å². The normalized spacial score (nSPS) is 19.9. The van der Waals surface area contributed by atoms with E-state index in [0.29, 0.717) is 10.0 Å². The van der Waals surface area contributed by atoms with Crippen molar-refractivity contribution >= 4 is 23.2 Å². The Bertz CT molecular complexity index is 343. The van der Waals surface area contributed by atoms with Gasteiger partial charge in [0.25, 0.3) is 0 Å². The predicted octanol–water partition coefficient (Wildman–Crippen LogP) is 3.72. The Balaban J connectivity index is 2.40. The van der Waals surface area contributed by atoms with E-state index >= 15 is 0 Å². The van der Waals surface area contributed by atoms with Gasteiger partial charge < -0.3 is 5.73 Å². The minimum Gasteiger partial charge on any atom is -0.321 e. The summed E-state index contributed by atoms with van der Waals surface area (Å²) in [4.78, 5) is 0. The van der Waals surface area contributed by atoms with Gasteiger partial charge in [-0.15, -0.1) is 0 Å². The van der Waals surface area contributed by atoms with Gasteiger partial charge in [0.2, 0.25) is 0 Å². The molecule has 2 N–H and O–H groups in total. The molecular weight excluding hydrogens is 217 g/mol. The second-order valence-electron chi connectivity index (χ2n) is 3.99. The van der Waals surface area contributed by atoms with Crippen LogP contribution in [0.2, 0.25) is 10.0 Å². The zero-order valence-corrected chi connectivity index (χ0v) is 9.41. The SMILES string of the molecule is NC1(c2ccc(Cl)cc2Cl)CCCC1. The fraction of sp³-hybridized carbons (Fsp3) is 0.455. The molecule has 1 nitrogen and oxygen atoms in total. The summed E-state index contributed by atoms with van der Waals surface area (Å²) in [5.74, 6) is 0. The summed E-state index contributed by atoms with van der Waals surface area (Å²) in [6, 6.07) is 5.58. The highest BCUT2D eigenvalue weighted by molar-refractivity contribution is 6.35. The van der Waals surface area contributed by atoms with Gasteiger partial charge in [0.15, 0.2) is 0 Å². The summed E-state index contributed by atoms with van der Waals surface area (Å²) in [7, 11) is 0. The molecule has 1 aliphatic carbocycles. The molecule has 0 radical (unpaired) electrons. The molecule has 76 valence electrons. The summed E-state index contributed by atoms with van der Waals surface area (Å²) in [6.07, 6.45) is 4.42. The van der Waals surface area contributed by atoms with Gasteiger partial charge in [-0.2, -0.15) is 0 Å². The van der Waals surface area contributed by atoms with Crippen molar-refractivity contribution in [1.29, 1.82) is 0 Å². The van der Waals surface area contributed by atoms with Gasteiger partial charge in [0.05, 0.1) is 0 Å². The lowest BCUT2D eigenvalue weighted by Gasteiger charge is -2.25. The second-order valence-corrected chi connectivity index (χ2v) is 4.83. The quantitative estimate of drug-likeness (QED) is 0.781. The fourth-order valence-corrected chi connectivity index (χ4v) is 2.77. The van der Waals surface area contributed by atoms with Crippen LogP contribution in [-0.2, 0) is 5.54 Å². The molecule has 1 fully saturated rings. The highest BCUT2D eigenvalue weighted by Gasteiger charge is 2.32. The molecule has 2 rings (SSSR count). The Morgan fingerprint density at radius 1 is 1.14 bits per heavy atom. The van der Waals surface area contributed by atoms with Crippen LogP contribution in [0.3, 0.4) is 0 Å². The molecule has 0 aliphatic heterocycles. The third-order valence-corrected chi connectivity index (χ3v) is 3.51. The Morgan fingerprint density at radius 3 is 2.36 bits per heavy atom. The lowest BCUT2D eigenvalue weighted by molar-refractivity contribution is 0.462. The number of nitrogens with two attached hydrogens (primary N) is 1. The Kier molecular flexibility index (Phi) is 2.74. The Morgan fingerprint density at radius 2 is 1.79 bits per heavy atom. The number of benzene rings is 1. The molecule has 0 saturated heterocycles. The third kappa shape index (κ3) is 1.77. The van der Waals surface area contributed by atoms with E-state index in [-0.39, 0.29) is 5.54 Å². The molecule has 0 heterocycles. The number of halogens is 2. The molecule has 0 spiro atoms. The lowest BCUT2D eigenvalue weighted by Crippen LogP contribution is -2.33. The van der Waals surface area contributed by atoms with Gasteiger partial charge in [0.1, 0.15) is 0 Å². The molecule has 0 unspecified atom stereocenters. The highest BCUT2D eigenvalue weighted by Crippen LogP contribution is 2.40. The number of rotatable bonds is 1. The van der Waals surface area contributed by atoms with Gasteiger partial charge in [-0.3, -0.25) is 0 Å². The van der Waals surface area contributed by atoms with Crippen molar-refractivity contribution in [2.75, 3.05) is 0 Å². The fourth-order valence-electron chi connectivity index (χ4n) is 2.17. The van der Waals surface area contributed by atoms with Gasteiger partial charge in [-0.05, 0) is 30.5 Å². The molecule has 0 amide bonds. The zero-order valence-electron chi connectivity index (χ0n) is 7.89. The Hall–Kier alpha value is -0.240. The molecule has 14 heavy (non-hydrogen) atoms. The van der Waals surface area contributed by atoms with Gasteiger partial charge in [-0.25, -0.2) is 0 Å². The van der Waals surface area contributed by atoms with E-state index < -0.39 is 0 Å².